The molecule has 0 aliphatic carbocycles. The molecular formula is C21H16ClFN4O. The van der Waals surface area contributed by atoms with Gasteiger partial charge in [-0.1, -0.05) is 11.6 Å². The molecule has 0 spiro atoms. The van der Waals surface area contributed by atoms with Crippen LogP contribution in [0.5, 0.6) is 5.75 Å². The number of fused-ring (bicyclic) bond motifs is 1. The van der Waals surface area contributed by atoms with Crippen LogP contribution in [0.1, 0.15) is 5.69 Å². The smallest absolute Gasteiger partial charge is 0.141 e. The molecule has 2 aromatic heterocycles. The van der Waals surface area contributed by atoms with Crippen molar-refractivity contribution in [3.8, 4) is 5.75 Å². The first-order chi connectivity index (χ1) is 13.6. The zero-order valence-electron chi connectivity index (χ0n) is 14.7. The fraction of sp³-hybridized carbons (Fsp3) is 0.0476. The number of hydrogen-bond acceptors (Lipinski definition) is 5. The number of hydrogen-bond donors (Lipinski definition) is 3. The van der Waals surface area contributed by atoms with Crippen molar-refractivity contribution in [3.05, 3.63) is 83.5 Å². The van der Waals surface area contributed by atoms with Gasteiger partial charge >= 0.3 is 0 Å². The largest absolute Gasteiger partial charge is 0.506 e. The Kier molecular flexibility index (Phi) is 4.95. The summed E-state index contributed by atoms with van der Waals surface area (Å²) in [6.07, 6.45) is 3.34. The van der Waals surface area contributed by atoms with Crippen LogP contribution in [0.3, 0.4) is 0 Å². The Bertz CT molecular complexity index is 1150. The molecule has 7 heteroatoms. The predicted octanol–water partition coefficient (Wildman–Crippen LogP) is 5.48. The van der Waals surface area contributed by atoms with Crippen LogP contribution in [0.25, 0.3) is 10.9 Å². The monoisotopic (exact) mass is 394 g/mol. The molecule has 4 aromatic rings. The first-order valence-corrected chi connectivity index (χ1v) is 8.95. The standard InChI is InChI=1S/C21H16ClFN4O/c22-16-11-14(3-5-17(16)23)27-19-7-9-25-18-6-4-13(10-15(18)19)26-12-20-21(28)2-1-8-24-20/h1-11,26,28H,12H2,(H,25,27). The van der Waals surface area contributed by atoms with Crippen molar-refractivity contribution in [2.75, 3.05) is 10.6 Å². The molecule has 0 saturated heterocycles. The fourth-order valence-corrected chi connectivity index (χ4v) is 3.03. The summed E-state index contributed by atoms with van der Waals surface area (Å²) in [7, 11) is 0. The second-order valence-corrected chi connectivity index (χ2v) is 6.57. The zero-order chi connectivity index (χ0) is 19.5. The third-order valence-corrected chi connectivity index (χ3v) is 4.56. The van der Waals surface area contributed by atoms with E-state index in [0.29, 0.717) is 17.9 Å². The van der Waals surface area contributed by atoms with Crippen LogP contribution in [-0.4, -0.2) is 15.1 Å². The lowest BCUT2D eigenvalue weighted by Gasteiger charge is -2.12. The minimum atomic E-state index is -0.462. The van der Waals surface area contributed by atoms with Gasteiger partial charge in [-0.2, -0.15) is 0 Å². The van der Waals surface area contributed by atoms with Gasteiger partial charge in [-0.15, -0.1) is 0 Å². The van der Waals surface area contributed by atoms with Crippen LogP contribution >= 0.6 is 11.6 Å². The molecule has 2 heterocycles. The van der Waals surface area contributed by atoms with Gasteiger partial charge in [0.15, 0.2) is 0 Å². The fourth-order valence-electron chi connectivity index (χ4n) is 2.85. The summed E-state index contributed by atoms with van der Waals surface area (Å²) in [5.74, 6) is -0.316. The van der Waals surface area contributed by atoms with Gasteiger partial charge in [0, 0.05) is 34.8 Å². The second-order valence-electron chi connectivity index (χ2n) is 6.17. The second kappa shape index (κ2) is 7.70. The van der Waals surface area contributed by atoms with E-state index >= 15 is 0 Å². The Labute approximate surface area is 165 Å². The normalized spacial score (nSPS) is 10.8. The number of nitrogens with one attached hydrogen (secondary N) is 2. The molecule has 4 rings (SSSR count). The number of halogens is 2. The molecule has 0 aliphatic rings. The molecule has 0 fully saturated rings. The van der Waals surface area contributed by atoms with Crippen LogP contribution in [0.15, 0.2) is 67.0 Å². The lowest BCUT2D eigenvalue weighted by molar-refractivity contribution is 0.465. The van der Waals surface area contributed by atoms with Gasteiger partial charge in [0.05, 0.1) is 17.1 Å². The van der Waals surface area contributed by atoms with Gasteiger partial charge in [-0.25, -0.2) is 4.39 Å². The highest BCUT2D eigenvalue weighted by molar-refractivity contribution is 6.31. The van der Waals surface area contributed by atoms with Crippen LogP contribution in [0.2, 0.25) is 5.02 Å². The average molecular weight is 395 g/mol. The van der Waals surface area contributed by atoms with Crippen molar-refractivity contribution < 1.29 is 9.50 Å². The van der Waals surface area contributed by atoms with Gasteiger partial charge in [0.25, 0.3) is 0 Å². The van der Waals surface area contributed by atoms with Crippen molar-refractivity contribution in [1.82, 2.24) is 9.97 Å². The summed E-state index contributed by atoms with van der Waals surface area (Å²) in [5.41, 5.74) is 3.72. The number of anilines is 3. The van der Waals surface area contributed by atoms with E-state index in [9.17, 15) is 9.50 Å². The summed E-state index contributed by atoms with van der Waals surface area (Å²) in [6.45, 7) is 0.384. The molecule has 5 nitrogen and oxygen atoms in total. The van der Waals surface area contributed by atoms with Crippen molar-refractivity contribution >= 4 is 39.6 Å². The van der Waals surface area contributed by atoms with E-state index in [2.05, 4.69) is 20.6 Å². The number of benzene rings is 2. The van der Waals surface area contributed by atoms with Crippen LogP contribution in [0.4, 0.5) is 21.5 Å². The first-order valence-electron chi connectivity index (χ1n) is 8.58. The number of pyridine rings is 2. The molecule has 2 aromatic carbocycles. The zero-order valence-corrected chi connectivity index (χ0v) is 15.4. The van der Waals surface area contributed by atoms with E-state index in [1.807, 2.05) is 24.3 Å². The van der Waals surface area contributed by atoms with E-state index in [1.165, 1.54) is 12.1 Å². The maximum absolute atomic E-state index is 13.4. The summed E-state index contributed by atoms with van der Waals surface area (Å²) >= 11 is 5.87. The highest BCUT2D eigenvalue weighted by atomic mass is 35.5. The Balaban J connectivity index is 1.61. The molecule has 3 N–H and O–H groups in total. The molecule has 0 unspecified atom stereocenters. The molecule has 0 saturated carbocycles. The Hall–Kier alpha value is -3.38. The molecule has 140 valence electrons. The van der Waals surface area contributed by atoms with Crippen LogP contribution < -0.4 is 10.6 Å². The van der Waals surface area contributed by atoms with Crippen molar-refractivity contribution in [3.63, 3.8) is 0 Å². The highest BCUT2D eigenvalue weighted by Crippen LogP contribution is 2.29. The van der Waals surface area contributed by atoms with Crippen LogP contribution in [-0.2, 0) is 6.54 Å². The van der Waals surface area contributed by atoms with Gasteiger partial charge in [-0.05, 0) is 54.6 Å². The molecule has 0 amide bonds. The van der Waals surface area contributed by atoms with Gasteiger partial charge in [0.2, 0.25) is 0 Å². The number of aromatic nitrogens is 2. The van der Waals surface area contributed by atoms with Gasteiger partial charge in [0.1, 0.15) is 17.3 Å². The Morgan fingerprint density at radius 1 is 0.964 bits per heavy atom. The highest BCUT2D eigenvalue weighted by Gasteiger charge is 2.07. The predicted molar refractivity (Wildman–Crippen MR) is 110 cm³/mol. The Morgan fingerprint density at radius 3 is 2.64 bits per heavy atom. The topological polar surface area (TPSA) is 70.1 Å². The van der Waals surface area contributed by atoms with E-state index in [-0.39, 0.29) is 10.8 Å². The number of rotatable bonds is 5. The van der Waals surface area contributed by atoms with E-state index < -0.39 is 5.82 Å². The maximum atomic E-state index is 13.4. The number of aromatic hydroxyl groups is 1. The third kappa shape index (κ3) is 3.82. The van der Waals surface area contributed by atoms with Gasteiger partial charge in [-0.3, -0.25) is 9.97 Å². The molecule has 28 heavy (non-hydrogen) atoms. The summed E-state index contributed by atoms with van der Waals surface area (Å²) in [6, 6.07) is 15.4. The molecule has 0 aliphatic heterocycles. The quantitative estimate of drug-likeness (QED) is 0.418. The molecule has 0 atom stereocenters. The minimum absolute atomic E-state index is 0.0564. The lowest BCUT2D eigenvalue weighted by atomic mass is 10.1. The summed E-state index contributed by atoms with van der Waals surface area (Å²) < 4.78 is 13.4. The number of nitrogens with zero attached hydrogens (tertiary/aromatic N) is 2. The minimum Gasteiger partial charge on any atom is -0.506 e. The van der Waals surface area contributed by atoms with Crippen LogP contribution in [0, 0.1) is 5.82 Å². The third-order valence-electron chi connectivity index (χ3n) is 4.27. The molecular weight excluding hydrogens is 379 g/mol. The van der Waals surface area contributed by atoms with E-state index in [0.717, 1.165) is 22.3 Å². The summed E-state index contributed by atoms with van der Waals surface area (Å²) in [5, 5.41) is 17.3. The lowest BCUT2D eigenvalue weighted by Crippen LogP contribution is -2.02. The Morgan fingerprint density at radius 2 is 1.82 bits per heavy atom. The summed E-state index contributed by atoms with van der Waals surface area (Å²) in [4.78, 5) is 8.55. The molecule has 0 bridgehead atoms. The first kappa shape index (κ1) is 18.0. The van der Waals surface area contributed by atoms with Crippen molar-refractivity contribution in [2.45, 2.75) is 6.54 Å². The van der Waals surface area contributed by atoms with Crippen molar-refractivity contribution in [2.24, 2.45) is 0 Å². The molecule has 0 radical (unpaired) electrons. The van der Waals surface area contributed by atoms with Gasteiger partial charge < -0.3 is 15.7 Å². The maximum Gasteiger partial charge on any atom is 0.141 e. The van der Waals surface area contributed by atoms with E-state index in [4.69, 9.17) is 11.6 Å². The van der Waals surface area contributed by atoms with E-state index in [1.54, 1.807) is 30.6 Å². The average Bonchev–Trinajstić information content (AvgIpc) is 2.70. The SMILES string of the molecule is Oc1cccnc1CNc1ccc2nccc(Nc3ccc(F)c(Cl)c3)c2c1. The van der Waals surface area contributed by atoms with Crippen molar-refractivity contribution in [1.29, 1.82) is 0 Å².